The summed E-state index contributed by atoms with van der Waals surface area (Å²) in [5, 5.41) is 1.12. The Labute approximate surface area is 112 Å². The number of nitrogens with zero attached hydrogens (tertiary/aromatic N) is 2. The molecule has 3 rings (SSSR count). The maximum Gasteiger partial charge on any atom is 0.220 e. The van der Waals surface area contributed by atoms with Gasteiger partial charge in [-0.15, -0.1) is 0 Å². The zero-order valence-corrected chi connectivity index (χ0v) is 11.3. The van der Waals surface area contributed by atoms with Gasteiger partial charge in [0.15, 0.2) is 0 Å². The lowest BCUT2D eigenvalue weighted by Crippen LogP contribution is -1.97. The first kappa shape index (κ1) is 11.2. The molecule has 0 aliphatic heterocycles. The highest BCUT2D eigenvalue weighted by Crippen LogP contribution is 2.31. The Hall–Kier alpha value is -1.88. The van der Waals surface area contributed by atoms with Crippen molar-refractivity contribution >= 4 is 32.8 Å². The SMILES string of the molecule is Cc1cnc(N)nc1-c1c[nH]c2ccc(Br)cc12. The number of nitrogens with two attached hydrogens (primary N) is 1. The van der Waals surface area contributed by atoms with Crippen LogP contribution in [0, 0.1) is 6.92 Å². The summed E-state index contributed by atoms with van der Waals surface area (Å²) in [6.07, 6.45) is 3.69. The van der Waals surface area contributed by atoms with Crippen molar-refractivity contribution in [3.8, 4) is 11.3 Å². The largest absolute Gasteiger partial charge is 0.368 e. The summed E-state index contributed by atoms with van der Waals surface area (Å²) in [6, 6.07) is 6.10. The third-order valence-electron chi connectivity index (χ3n) is 2.89. The van der Waals surface area contributed by atoms with Gasteiger partial charge in [-0.2, -0.15) is 0 Å². The van der Waals surface area contributed by atoms with E-state index in [1.165, 1.54) is 0 Å². The van der Waals surface area contributed by atoms with Crippen molar-refractivity contribution in [1.82, 2.24) is 15.0 Å². The fraction of sp³-hybridized carbons (Fsp3) is 0.0769. The molecule has 0 saturated carbocycles. The van der Waals surface area contributed by atoms with Crippen LogP contribution in [0.1, 0.15) is 5.56 Å². The van der Waals surface area contributed by atoms with E-state index in [0.29, 0.717) is 5.95 Å². The number of benzene rings is 1. The molecule has 0 spiro atoms. The second kappa shape index (κ2) is 4.10. The molecule has 0 fully saturated rings. The third-order valence-corrected chi connectivity index (χ3v) is 3.38. The average molecular weight is 303 g/mol. The molecular weight excluding hydrogens is 292 g/mol. The summed E-state index contributed by atoms with van der Waals surface area (Å²) in [6.45, 7) is 1.98. The molecule has 1 aromatic carbocycles. The fourth-order valence-corrected chi connectivity index (χ4v) is 2.38. The van der Waals surface area contributed by atoms with Crippen LogP contribution in [0.25, 0.3) is 22.2 Å². The standard InChI is InChI=1S/C13H11BrN4/c1-7-5-17-13(15)18-12(7)10-6-16-11-3-2-8(14)4-9(10)11/h2-6,16H,1H3,(H2,15,17,18). The number of hydrogen-bond acceptors (Lipinski definition) is 3. The molecule has 0 aliphatic rings. The van der Waals surface area contributed by atoms with Crippen molar-refractivity contribution in [2.75, 3.05) is 5.73 Å². The summed E-state index contributed by atoms with van der Waals surface area (Å²) in [4.78, 5) is 11.6. The van der Waals surface area contributed by atoms with Gasteiger partial charge in [-0.3, -0.25) is 0 Å². The number of nitrogen functional groups attached to an aromatic ring is 1. The number of H-pyrrole nitrogens is 1. The maximum absolute atomic E-state index is 5.67. The average Bonchev–Trinajstić information content (AvgIpc) is 2.75. The summed E-state index contributed by atoms with van der Waals surface area (Å²) < 4.78 is 1.04. The van der Waals surface area contributed by atoms with Gasteiger partial charge in [0.05, 0.1) is 5.69 Å². The molecule has 0 amide bonds. The molecule has 2 heterocycles. The van der Waals surface area contributed by atoms with E-state index in [1.807, 2.05) is 25.3 Å². The second-order valence-corrected chi connectivity index (χ2v) is 5.07. The van der Waals surface area contributed by atoms with Gasteiger partial charge < -0.3 is 10.7 Å². The summed E-state index contributed by atoms with van der Waals surface area (Å²) in [5.41, 5.74) is 9.65. The van der Waals surface area contributed by atoms with Gasteiger partial charge in [-0.1, -0.05) is 15.9 Å². The first-order valence-corrected chi connectivity index (χ1v) is 6.30. The van der Waals surface area contributed by atoms with Crippen molar-refractivity contribution in [3.05, 3.63) is 40.6 Å². The van der Waals surface area contributed by atoms with Gasteiger partial charge in [-0.25, -0.2) is 9.97 Å². The summed E-state index contributed by atoms with van der Waals surface area (Å²) in [7, 11) is 0. The lowest BCUT2D eigenvalue weighted by molar-refractivity contribution is 1.15. The second-order valence-electron chi connectivity index (χ2n) is 4.15. The minimum absolute atomic E-state index is 0.292. The van der Waals surface area contributed by atoms with E-state index in [9.17, 15) is 0 Å². The van der Waals surface area contributed by atoms with E-state index in [4.69, 9.17) is 5.73 Å². The van der Waals surface area contributed by atoms with E-state index >= 15 is 0 Å². The van der Waals surface area contributed by atoms with Crippen LogP contribution in [0.15, 0.2) is 35.1 Å². The number of fused-ring (bicyclic) bond motifs is 1. The topological polar surface area (TPSA) is 67.6 Å². The molecule has 0 unspecified atom stereocenters. The Morgan fingerprint density at radius 1 is 1.33 bits per heavy atom. The lowest BCUT2D eigenvalue weighted by Gasteiger charge is -2.04. The van der Waals surface area contributed by atoms with Crippen LogP contribution in [0.5, 0.6) is 0 Å². The van der Waals surface area contributed by atoms with E-state index < -0.39 is 0 Å². The Balaban J connectivity index is 2.31. The van der Waals surface area contributed by atoms with E-state index in [1.54, 1.807) is 6.20 Å². The van der Waals surface area contributed by atoms with Gasteiger partial charge in [0.1, 0.15) is 0 Å². The van der Waals surface area contributed by atoms with Crippen LogP contribution in [0.2, 0.25) is 0 Å². The number of hydrogen-bond donors (Lipinski definition) is 2. The first-order valence-electron chi connectivity index (χ1n) is 5.51. The Morgan fingerprint density at radius 2 is 2.17 bits per heavy atom. The highest BCUT2D eigenvalue weighted by molar-refractivity contribution is 9.10. The Bertz CT molecular complexity index is 733. The predicted molar refractivity (Wildman–Crippen MR) is 76.2 cm³/mol. The monoisotopic (exact) mass is 302 g/mol. The van der Waals surface area contributed by atoms with Crippen molar-refractivity contribution < 1.29 is 0 Å². The first-order chi connectivity index (χ1) is 8.65. The van der Waals surface area contributed by atoms with Crippen LogP contribution in [-0.4, -0.2) is 15.0 Å². The van der Waals surface area contributed by atoms with Crippen molar-refractivity contribution in [2.45, 2.75) is 6.92 Å². The molecule has 18 heavy (non-hydrogen) atoms. The molecule has 0 saturated heterocycles. The van der Waals surface area contributed by atoms with Crippen molar-refractivity contribution in [2.24, 2.45) is 0 Å². The molecule has 3 N–H and O–H groups in total. The minimum atomic E-state index is 0.292. The molecule has 0 aliphatic carbocycles. The van der Waals surface area contributed by atoms with E-state index in [0.717, 1.165) is 32.2 Å². The number of anilines is 1. The third kappa shape index (κ3) is 1.76. The lowest BCUT2D eigenvalue weighted by atomic mass is 10.1. The fourth-order valence-electron chi connectivity index (χ4n) is 2.02. The smallest absolute Gasteiger partial charge is 0.220 e. The molecule has 0 bridgehead atoms. The Morgan fingerprint density at radius 3 is 3.00 bits per heavy atom. The van der Waals surface area contributed by atoms with Crippen LogP contribution < -0.4 is 5.73 Å². The zero-order valence-electron chi connectivity index (χ0n) is 9.74. The van der Waals surface area contributed by atoms with Gasteiger partial charge in [0, 0.05) is 33.3 Å². The highest BCUT2D eigenvalue weighted by atomic mass is 79.9. The number of nitrogens with one attached hydrogen (secondary N) is 1. The minimum Gasteiger partial charge on any atom is -0.368 e. The molecule has 0 radical (unpaired) electrons. The maximum atomic E-state index is 5.67. The molecule has 5 heteroatoms. The number of rotatable bonds is 1. The number of aromatic nitrogens is 3. The number of aromatic amines is 1. The number of aryl methyl sites for hydroxylation is 1. The summed E-state index contributed by atoms with van der Waals surface area (Å²) in [5.74, 6) is 0.292. The van der Waals surface area contributed by atoms with E-state index in [2.05, 4.69) is 36.9 Å². The van der Waals surface area contributed by atoms with Crippen LogP contribution in [-0.2, 0) is 0 Å². The molecule has 4 nitrogen and oxygen atoms in total. The zero-order chi connectivity index (χ0) is 12.7. The quantitative estimate of drug-likeness (QED) is 0.725. The van der Waals surface area contributed by atoms with Crippen LogP contribution in [0.4, 0.5) is 5.95 Å². The van der Waals surface area contributed by atoms with Crippen molar-refractivity contribution in [3.63, 3.8) is 0 Å². The normalized spacial score (nSPS) is 11.0. The molecule has 2 aromatic heterocycles. The van der Waals surface area contributed by atoms with Gasteiger partial charge in [0.25, 0.3) is 0 Å². The van der Waals surface area contributed by atoms with Gasteiger partial charge in [-0.05, 0) is 30.7 Å². The van der Waals surface area contributed by atoms with Gasteiger partial charge in [0.2, 0.25) is 5.95 Å². The molecule has 0 atom stereocenters. The van der Waals surface area contributed by atoms with Crippen LogP contribution >= 0.6 is 15.9 Å². The number of halogens is 1. The van der Waals surface area contributed by atoms with E-state index in [-0.39, 0.29) is 0 Å². The highest BCUT2D eigenvalue weighted by Gasteiger charge is 2.11. The Kier molecular flexibility index (Phi) is 2.56. The molecule has 3 aromatic rings. The molecular formula is C13H11BrN4. The van der Waals surface area contributed by atoms with Gasteiger partial charge >= 0.3 is 0 Å². The summed E-state index contributed by atoms with van der Waals surface area (Å²) >= 11 is 3.49. The molecule has 90 valence electrons. The predicted octanol–water partition coefficient (Wildman–Crippen LogP) is 3.28. The van der Waals surface area contributed by atoms with Crippen LogP contribution in [0.3, 0.4) is 0 Å². The van der Waals surface area contributed by atoms with Crippen molar-refractivity contribution in [1.29, 1.82) is 0 Å².